The van der Waals surface area contributed by atoms with Crippen molar-refractivity contribution in [3.63, 3.8) is 0 Å². The maximum atomic E-state index is 11.7. The molecule has 0 bridgehead atoms. The number of methoxy groups -OCH3 is 1. The highest BCUT2D eigenvalue weighted by Gasteiger charge is 2.17. The van der Waals surface area contributed by atoms with Crippen molar-refractivity contribution in [2.75, 3.05) is 31.8 Å². The van der Waals surface area contributed by atoms with Crippen LogP contribution in [0.3, 0.4) is 0 Å². The second-order valence-electron chi connectivity index (χ2n) is 4.43. The third kappa shape index (κ3) is 5.66. The predicted molar refractivity (Wildman–Crippen MR) is 80.4 cm³/mol. The summed E-state index contributed by atoms with van der Waals surface area (Å²) < 4.78 is 28.7. The summed E-state index contributed by atoms with van der Waals surface area (Å²) in [6.45, 7) is 0.622. The van der Waals surface area contributed by atoms with Gasteiger partial charge in [0.05, 0.1) is 23.9 Å². The van der Waals surface area contributed by atoms with E-state index < -0.39 is 20.9 Å². The molecule has 0 spiro atoms. The molecule has 1 aromatic rings. The summed E-state index contributed by atoms with van der Waals surface area (Å²) >= 11 is 0. The molecular formula is C12H17N3O6S. The van der Waals surface area contributed by atoms with Crippen molar-refractivity contribution < 1.29 is 22.9 Å². The Bertz CT molecular complexity index is 659. The molecule has 2 N–H and O–H groups in total. The average molecular weight is 331 g/mol. The SMILES string of the molecule is COC(=O)c1cc([N+](=O)[O-])ccc1NCCCNS(C)(=O)=O. The number of hydrogen-bond acceptors (Lipinski definition) is 7. The molecule has 0 heterocycles. The first-order valence-electron chi connectivity index (χ1n) is 6.30. The van der Waals surface area contributed by atoms with Crippen molar-refractivity contribution in [2.45, 2.75) is 6.42 Å². The molecule has 10 heteroatoms. The highest BCUT2D eigenvalue weighted by molar-refractivity contribution is 7.88. The molecule has 0 fully saturated rings. The smallest absolute Gasteiger partial charge is 0.340 e. The van der Waals surface area contributed by atoms with Gasteiger partial charge in [0.1, 0.15) is 0 Å². The highest BCUT2D eigenvalue weighted by atomic mass is 32.2. The van der Waals surface area contributed by atoms with Gasteiger partial charge in [-0.2, -0.15) is 0 Å². The zero-order chi connectivity index (χ0) is 16.8. The van der Waals surface area contributed by atoms with Crippen molar-refractivity contribution in [2.24, 2.45) is 0 Å². The number of non-ortho nitro benzene ring substituents is 1. The Morgan fingerprint density at radius 2 is 2.05 bits per heavy atom. The third-order valence-corrected chi connectivity index (χ3v) is 3.38. The Kier molecular flexibility index (Phi) is 6.25. The van der Waals surface area contributed by atoms with Gasteiger partial charge in [-0.25, -0.2) is 17.9 Å². The Labute approximate surface area is 127 Å². The van der Waals surface area contributed by atoms with E-state index in [0.717, 1.165) is 12.3 Å². The van der Waals surface area contributed by atoms with E-state index in [0.29, 0.717) is 18.7 Å². The van der Waals surface area contributed by atoms with E-state index in [1.807, 2.05) is 0 Å². The van der Waals surface area contributed by atoms with Gasteiger partial charge >= 0.3 is 5.97 Å². The lowest BCUT2D eigenvalue weighted by Crippen LogP contribution is -2.24. The minimum atomic E-state index is -3.24. The lowest BCUT2D eigenvalue weighted by molar-refractivity contribution is -0.384. The van der Waals surface area contributed by atoms with E-state index in [1.165, 1.54) is 19.2 Å². The molecule has 0 atom stereocenters. The summed E-state index contributed by atoms with van der Waals surface area (Å²) in [5.74, 6) is -0.694. The fraction of sp³-hybridized carbons (Fsp3) is 0.417. The van der Waals surface area contributed by atoms with E-state index in [2.05, 4.69) is 14.8 Å². The van der Waals surface area contributed by atoms with Gasteiger partial charge in [-0.3, -0.25) is 10.1 Å². The molecule has 0 aromatic heterocycles. The molecule has 0 amide bonds. The van der Waals surface area contributed by atoms with Crippen LogP contribution in [0.1, 0.15) is 16.8 Å². The summed E-state index contributed by atoms with van der Waals surface area (Å²) in [4.78, 5) is 21.8. The number of rotatable bonds is 8. The molecule has 0 aliphatic heterocycles. The number of anilines is 1. The normalized spacial score (nSPS) is 11.0. The van der Waals surface area contributed by atoms with E-state index in [9.17, 15) is 23.3 Å². The summed E-state index contributed by atoms with van der Waals surface area (Å²) in [5, 5.41) is 13.7. The van der Waals surface area contributed by atoms with Crippen LogP contribution in [0.15, 0.2) is 18.2 Å². The number of nitro groups is 1. The second-order valence-corrected chi connectivity index (χ2v) is 6.26. The van der Waals surface area contributed by atoms with Crippen LogP contribution >= 0.6 is 0 Å². The first-order chi connectivity index (χ1) is 10.2. The minimum Gasteiger partial charge on any atom is -0.465 e. The molecule has 122 valence electrons. The summed E-state index contributed by atoms with van der Waals surface area (Å²) in [6, 6.07) is 3.81. The molecule has 1 aromatic carbocycles. The van der Waals surface area contributed by atoms with Crippen molar-refractivity contribution in [3.05, 3.63) is 33.9 Å². The Balaban J connectivity index is 2.73. The Hall–Kier alpha value is -2.20. The standard InChI is InChI=1S/C12H17N3O6S/c1-21-12(16)10-8-9(15(17)18)4-5-11(10)13-6-3-7-14-22(2,19)20/h4-5,8,13-14H,3,6-7H2,1-2H3. The van der Waals surface area contributed by atoms with Crippen LogP contribution in [0.25, 0.3) is 0 Å². The molecule has 1 rings (SSSR count). The van der Waals surface area contributed by atoms with Crippen LogP contribution in [0.5, 0.6) is 0 Å². The summed E-state index contributed by atoms with van der Waals surface area (Å²) in [6.07, 6.45) is 1.54. The van der Waals surface area contributed by atoms with Crippen LogP contribution in [-0.2, 0) is 14.8 Å². The number of nitrogens with one attached hydrogen (secondary N) is 2. The lowest BCUT2D eigenvalue weighted by atomic mass is 10.1. The Morgan fingerprint density at radius 3 is 2.59 bits per heavy atom. The number of sulfonamides is 1. The lowest BCUT2D eigenvalue weighted by Gasteiger charge is -2.10. The summed E-state index contributed by atoms with van der Waals surface area (Å²) in [5.41, 5.74) is 0.217. The zero-order valence-corrected chi connectivity index (χ0v) is 13.0. The van der Waals surface area contributed by atoms with Gasteiger partial charge in [0.25, 0.3) is 5.69 Å². The molecule has 0 aliphatic carbocycles. The zero-order valence-electron chi connectivity index (χ0n) is 12.2. The monoisotopic (exact) mass is 331 g/mol. The van der Waals surface area contributed by atoms with E-state index in [-0.39, 0.29) is 17.8 Å². The molecule has 0 aliphatic rings. The van der Waals surface area contributed by atoms with Gasteiger partial charge in [0.15, 0.2) is 0 Å². The predicted octanol–water partition coefficient (Wildman–Crippen LogP) is 0.733. The summed E-state index contributed by atoms with van der Waals surface area (Å²) in [7, 11) is -2.06. The number of nitro benzene ring substituents is 1. The molecule has 9 nitrogen and oxygen atoms in total. The molecule has 0 radical (unpaired) electrons. The molecule has 22 heavy (non-hydrogen) atoms. The third-order valence-electron chi connectivity index (χ3n) is 2.65. The van der Waals surface area contributed by atoms with E-state index in [1.54, 1.807) is 0 Å². The topological polar surface area (TPSA) is 128 Å². The first kappa shape index (κ1) is 17.9. The number of carbonyl (C=O) groups excluding carboxylic acids is 1. The van der Waals surface area contributed by atoms with Gasteiger partial charge in [0, 0.05) is 30.9 Å². The van der Waals surface area contributed by atoms with E-state index in [4.69, 9.17) is 0 Å². The van der Waals surface area contributed by atoms with Crippen LogP contribution in [-0.4, -0.2) is 45.8 Å². The van der Waals surface area contributed by atoms with Crippen molar-refractivity contribution >= 4 is 27.4 Å². The maximum Gasteiger partial charge on any atom is 0.340 e. The molecule has 0 saturated heterocycles. The van der Waals surface area contributed by atoms with Crippen molar-refractivity contribution in [1.29, 1.82) is 0 Å². The van der Waals surface area contributed by atoms with Crippen molar-refractivity contribution in [3.8, 4) is 0 Å². The van der Waals surface area contributed by atoms with Crippen LogP contribution in [0, 0.1) is 10.1 Å². The minimum absolute atomic E-state index is 0.0489. The van der Waals surface area contributed by atoms with Crippen LogP contribution in [0.4, 0.5) is 11.4 Å². The van der Waals surface area contributed by atoms with Crippen LogP contribution < -0.4 is 10.0 Å². The van der Waals surface area contributed by atoms with Crippen molar-refractivity contribution in [1.82, 2.24) is 4.72 Å². The quantitative estimate of drug-likeness (QED) is 0.311. The highest BCUT2D eigenvalue weighted by Crippen LogP contribution is 2.22. The van der Waals surface area contributed by atoms with Gasteiger partial charge in [-0.15, -0.1) is 0 Å². The fourth-order valence-electron chi connectivity index (χ4n) is 1.65. The van der Waals surface area contributed by atoms with E-state index >= 15 is 0 Å². The number of carbonyl (C=O) groups is 1. The second kappa shape index (κ2) is 7.71. The van der Waals surface area contributed by atoms with Gasteiger partial charge in [0.2, 0.25) is 10.0 Å². The average Bonchev–Trinajstić information content (AvgIpc) is 2.44. The number of nitrogens with zero attached hydrogens (tertiary/aromatic N) is 1. The number of esters is 1. The Morgan fingerprint density at radius 1 is 1.36 bits per heavy atom. The molecule has 0 saturated carbocycles. The molecule has 0 unspecified atom stereocenters. The van der Waals surface area contributed by atoms with Gasteiger partial charge in [-0.05, 0) is 12.5 Å². The molecular weight excluding hydrogens is 314 g/mol. The first-order valence-corrected chi connectivity index (χ1v) is 8.19. The number of benzene rings is 1. The van der Waals surface area contributed by atoms with Gasteiger partial charge in [-0.1, -0.05) is 0 Å². The maximum absolute atomic E-state index is 11.7. The number of ether oxygens (including phenoxy) is 1. The van der Waals surface area contributed by atoms with Gasteiger partial charge < -0.3 is 10.1 Å². The number of hydrogen-bond donors (Lipinski definition) is 2. The largest absolute Gasteiger partial charge is 0.465 e. The van der Waals surface area contributed by atoms with Crippen LogP contribution in [0.2, 0.25) is 0 Å². The fourth-order valence-corrected chi connectivity index (χ4v) is 2.16.